The topological polar surface area (TPSA) is 70.9 Å². The minimum Gasteiger partial charge on any atom is -0.361 e. The Morgan fingerprint density at radius 2 is 2.10 bits per heavy atom. The van der Waals surface area contributed by atoms with Gasteiger partial charge in [0.2, 0.25) is 5.91 Å². The minimum absolute atomic E-state index is 0.0732. The number of para-hydroxylation sites is 1. The monoisotopic (exact) mass is 273 g/mol. The number of aromatic nitrogens is 1. The number of benzene rings is 1. The molecule has 2 aromatic rings. The Labute approximate surface area is 119 Å². The Morgan fingerprint density at radius 1 is 1.35 bits per heavy atom. The van der Waals surface area contributed by atoms with Gasteiger partial charge in [0.15, 0.2) is 0 Å². The third kappa shape index (κ3) is 3.61. The number of aromatic amines is 1. The van der Waals surface area contributed by atoms with Crippen molar-refractivity contribution in [2.24, 2.45) is 11.7 Å². The summed E-state index contributed by atoms with van der Waals surface area (Å²) in [6.45, 7) is 4.97. The van der Waals surface area contributed by atoms with Crippen LogP contribution in [0.3, 0.4) is 0 Å². The van der Waals surface area contributed by atoms with Crippen LogP contribution in [0.1, 0.15) is 25.8 Å². The molecule has 0 bridgehead atoms. The fraction of sp³-hybridized carbons (Fsp3) is 0.438. The van der Waals surface area contributed by atoms with Crippen molar-refractivity contribution in [1.29, 1.82) is 0 Å². The zero-order chi connectivity index (χ0) is 14.5. The summed E-state index contributed by atoms with van der Waals surface area (Å²) in [6, 6.07) is 7.55. The molecule has 20 heavy (non-hydrogen) atoms. The average Bonchev–Trinajstić information content (AvgIpc) is 2.81. The van der Waals surface area contributed by atoms with E-state index in [2.05, 4.69) is 24.1 Å². The van der Waals surface area contributed by atoms with Gasteiger partial charge in [-0.3, -0.25) is 4.79 Å². The number of hydrogen-bond acceptors (Lipinski definition) is 2. The molecule has 0 unspecified atom stereocenters. The van der Waals surface area contributed by atoms with Crippen LogP contribution in [0.5, 0.6) is 0 Å². The van der Waals surface area contributed by atoms with Crippen LogP contribution >= 0.6 is 0 Å². The lowest BCUT2D eigenvalue weighted by Gasteiger charge is -2.12. The first-order chi connectivity index (χ1) is 9.58. The largest absolute Gasteiger partial charge is 0.361 e. The van der Waals surface area contributed by atoms with Crippen molar-refractivity contribution in [3.8, 4) is 0 Å². The molecule has 0 aliphatic carbocycles. The summed E-state index contributed by atoms with van der Waals surface area (Å²) in [5, 5.41) is 4.04. The zero-order valence-corrected chi connectivity index (χ0v) is 12.1. The summed E-state index contributed by atoms with van der Waals surface area (Å²) in [7, 11) is 0. The van der Waals surface area contributed by atoms with E-state index in [0.29, 0.717) is 18.9 Å². The maximum Gasteiger partial charge on any atom is 0.237 e. The highest BCUT2D eigenvalue weighted by Crippen LogP contribution is 2.18. The lowest BCUT2D eigenvalue weighted by atomic mass is 10.0. The number of carbonyl (C=O) groups is 1. The lowest BCUT2D eigenvalue weighted by molar-refractivity contribution is -0.122. The van der Waals surface area contributed by atoms with Gasteiger partial charge >= 0.3 is 0 Å². The summed E-state index contributed by atoms with van der Waals surface area (Å²) in [5.41, 5.74) is 8.16. The van der Waals surface area contributed by atoms with Crippen molar-refractivity contribution in [2.45, 2.75) is 32.7 Å². The van der Waals surface area contributed by atoms with E-state index in [1.165, 1.54) is 0 Å². The molecule has 1 aromatic heterocycles. The number of amides is 1. The van der Waals surface area contributed by atoms with Gasteiger partial charge in [0.25, 0.3) is 0 Å². The van der Waals surface area contributed by atoms with Gasteiger partial charge in [-0.1, -0.05) is 32.0 Å². The molecule has 0 aliphatic rings. The Balaban J connectivity index is 1.93. The van der Waals surface area contributed by atoms with Gasteiger partial charge in [-0.05, 0) is 30.4 Å². The Morgan fingerprint density at radius 3 is 2.85 bits per heavy atom. The highest BCUT2D eigenvalue weighted by molar-refractivity contribution is 5.86. The van der Waals surface area contributed by atoms with Crippen molar-refractivity contribution in [3.63, 3.8) is 0 Å². The first kappa shape index (κ1) is 14.6. The standard InChI is InChI=1S/C16H23N3O/c1-11(2)7-8-18-16(20)14(17)9-12-10-19-15-6-4-3-5-13(12)15/h3-6,10-11,14,19H,7-9,17H2,1-2H3,(H,18,20)/t14-/m0/s1. The van der Waals surface area contributed by atoms with E-state index in [1.807, 2.05) is 30.5 Å². The third-order valence-corrected chi connectivity index (χ3v) is 3.47. The molecule has 1 amide bonds. The van der Waals surface area contributed by atoms with Gasteiger partial charge < -0.3 is 16.0 Å². The molecule has 108 valence electrons. The minimum atomic E-state index is -0.499. The molecule has 1 atom stereocenters. The molecule has 0 saturated heterocycles. The molecule has 0 saturated carbocycles. The van der Waals surface area contributed by atoms with E-state index in [4.69, 9.17) is 5.73 Å². The first-order valence-electron chi connectivity index (χ1n) is 7.16. The van der Waals surface area contributed by atoms with Crippen LogP contribution in [0.25, 0.3) is 10.9 Å². The number of nitrogens with two attached hydrogens (primary N) is 1. The second-order valence-corrected chi connectivity index (χ2v) is 5.64. The van der Waals surface area contributed by atoms with Crippen LogP contribution in [-0.4, -0.2) is 23.5 Å². The average molecular weight is 273 g/mol. The van der Waals surface area contributed by atoms with Crippen LogP contribution < -0.4 is 11.1 Å². The SMILES string of the molecule is CC(C)CCNC(=O)[C@@H](N)Cc1c[nH]c2ccccc12. The normalized spacial score (nSPS) is 12.8. The molecule has 1 heterocycles. The van der Waals surface area contributed by atoms with E-state index in [9.17, 15) is 4.79 Å². The van der Waals surface area contributed by atoms with Crippen molar-refractivity contribution >= 4 is 16.8 Å². The predicted molar refractivity (Wildman–Crippen MR) is 82.4 cm³/mol. The van der Waals surface area contributed by atoms with Gasteiger partial charge in [0, 0.05) is 23.6 Å². The van der Waals surface area contributed by atoms with Crippen LogP contribution in [-0.2, 0) is 11.2 Å². The molecule has 4 nitrogen and oxygen atoms in total. The fourth-order valence-corrected chi connectivity index (χ4v) is 2.25. The second-order valence-electron chi connectivity index (χ2n) is 5.64. The van der Waals surface area contributed by atoms with Crippen molar-refractivity contribution in [2.75, 3.05) is 6.54 Å². The van der Waals surface area contributed by atoms with Crippen LogP contribution in [0.15, 0.2) is 30.5 Å². The lowest BCUT2D eigenvalue weighted by Crippen LogP contribution is -2.42. The zero-order valence-electron chi connectivity index (χ0n) is 12.1. The van der Waals surface area contributed by atoms with Gasteiger partial charge in [-0.15, -0.1) is 0 Å². The molecular weight excluding hydrogens is 250 g/mol. The summed E-state index contributed by atoms with van der Waals surface area (Å²) in [5.74, 6) is 0.510. The maximum absolute atomic E-state index is 11.9. The van der Waals surface area contributed by atoms with Crippen molar-refractivity contribution in [3.05, 3.63) is 36.0 Å². The van der Waals surface area contributed by atoms with Gasteiger partial charge in [0.1, 0.15) is 0 Å². The molecule has 0 spiro atoms. The fourth-order valence-electron chi connectivity index (χ4n) is 2.25. The van der Waals surface area contributed by atoms with E-state index in [0.717, 1.165) is 22.9 Å². The molecule has 1 aromatic carbocycles. The van der Waals surface area contributed by atoms with Crippen molar-refractivity contribution in [1.82, 2.24) is 10.3 Å². The summed E-state index contributed by atoms with van der Waals surface area (Å²) in [4.78, 5) is 15.1. The molecule has 0 aliphatic heterocycles. The van der Waals surface area contributed by atoms with Crippen LogP contribution in [0.4, 0.5) is 0 Å². The number of fused-ring (bicyclic) bond motifs is 1. The van der Waals surface area contributed by atoms with E-state index in [1.54, 1.807) is 0 Å². The Hall–Kier alpha value is -1.81. The maximum atomic E-state index is 11.9. The molecule has 4 N–H and O–H groups in total. The molecule has 2 rings (SSSR count). The summed E-state index contributed by atoms with van der Waals surface area (Å²) < 4.78 is 0. The number of rotatable bonds is 6. The highest BCUT2D eigenvalue weighted by atomic mass is 16.2. The van der Waals surface area contributed by atoms with Crippen LogP contribution in [0.2, 0.25) is 0 Å². The van der Waals surface area contributed by atoms with Crippen molar-refractivity contribution < 1.29 is 4.79 Å². The van der Waals surface area contributed by atoms with E-state index >= 15 is 0 Å². The highest BCUT2D eigenvalue weighted by Gasteiger charge is 2.15. The van der Waals surface area contributed by atoms with Gasteiger partial charge in [0.05, 0.1) is 6.04 Å². The predicted octanol–water partition coefficient (Wildman–Crippen LogP) is 2.20. The first-order valence-corrected chi connectivity index (χ1v) is 7.16. The smallest absolute Gasteiger partial charge is 0.237 e. The number of nitrogens with one attached hydrogen (secondary N) is 2. The number of hydrogen-bond donors (Lipinski definition) is 3. The Bertz CT molecular complexity index is 574. The van der Waals surface area contributed by atoms with Gasteiger partial charge in [-0.2, -0.15) is 0 Å². The van der Waals surface area contributed by atoms with Crippen LogP contribution in [0, 0.1) is 5.92 Å². The van der Waals surface area contributed by atoms with E-state index in [-0.39, 0.29) is 5.91 Å². The Kier molecular flexibility index (Phi) is 4.79. The second kappa shape index (κ2) is 6.57. The quantitative estimate of drug-likeness (QED) is 0.755. The third-order valence-electron chi connectivity index (χ3n) is 3.47. The summed E-state index contributed by atoms with van der Waals surface area (Å²) in [6.07, 6.45) is 3.47. The molecule has 0 fully saturated rings. The number of carbonyl (C=O) groups excluding carboxylic acids is 1. The number of H-pyrrole nitrogens is 1. The molecular formula is C16H23N3O. The summed E-state index contributed by atoms with van der Waals surface area (Å²) >= 11 is 0. The molecule has 0 radical (unpaired) electrons. The molecule has 4 heteroatoms. The van der Waals surface area contributed by atoms with E-state index < -0.39 is 6.04 Å². The van der Waals surface area contributed by atoms with Gasteiger partial charge in [-0.25, -0.2) is 0 Å².